The lowest BCUT2D eigenvalue weighted by Gasteiger charge is -2.10. The third kappa shape index (κ3) is 5.48. The summed E-state index contributed by atoms with van der Waals surface area (Å²) in [5.74, 6) is -0.117. The van der Waals surface area contributed by atoms with Crippen LogP contribution in [0.25, 0.3) is 23.4 Å². The second-order valence-corrected chi connectivity index (χ2v) is 6.95. The lowest BCUT2D eigenvalue weighted by molar-refractivity contribution is -0.115. The molecule has 152 valence electrons. The van der Waals surface area contributed by atoms with Gasteiger partial charge in [-0.2, -0.15) is 0 Å². The fourth-order valence-corrected chi connectivity index (χ4v) is 3.07. The smallest absolute Gasteiger partial charge is 0.230 e. The van der Waals surface area contributed by atoms with E-state index in [2.05, 4.69) is 15.3 Å². The van der Waals surface area contributed by atoms with Crippen molar-refractivity contribution in [2.24, 2.45) is 0 Å². The molecule has 4 rings (SSSR count). The lowest BCUT2D eigenvalue weighted by Crippen LogP contribution is -2.16. The molecular weight excluding hydrogens is 389 g/mol. The van der Waals surface area contributed by atoms with E-state index >= 15 is 0 Å². The Morgan fingerprint density at radius 3 is 2.26 bits per heavy atom. The van der Waals surface area contributed by atoms with Gasteiger partial charge in [-0.25, -0.2) is 14.4 Å². The highest BCUT2D eigenvalue weighted by Crippen LogP contribution is 2.22. The highest BCUT2D eigenvalue weighted by molar-refractivity contribution is 5.93. The molecule has 4 aromatic rings. The zero-order valence-electron chi connectivity index (χ0n) is 16.7. The summed E-state index contributed by atoms with van der Waals surface area (Å²) in [6, 6.07) is 25.4. The van der Waals surface area contributed by atoms with Crippen LogP contribution < -0.4 is 5.32 Å². The van der Waals surface area contributed by atoms with E-state index in [0.29, 0.717) is 17.2 Å². The van der Waals surface area contributed by atoms with Crippen LogP contribution in [-0.2, 0) is 11.2 Å². The first-order chi connectivity index (χ1) is 15.2. The van der Waals surface area contributed by atoms with Gasteiger partial charge in [0.15, 0.2) is 5.82 Å². The molecule has 0 fully saturated rings. The first kappa shape index (κ1) is 20.2. The van der Waals surface area contributed by atoms with Crippen molar-refractivity contribution in [2.75, 3.05) is 5.32 Å². The molecule has 0 saturated carbocycles. The molecule has 1 aromatic heterocycles. The van der Waals surface area contributed by atoms with Gasteiger partial charge in [-0.3, -0.25) is 4.79 Å². The summed E-state index contributed by atoms with van der Waals surface area (Å²) < 4.78 is 13.3. The lowest BCUT2D eigenvalue weighted by atomic mass is 10.1. The molecule has 4 nitrogen and oxygen atoms in total. The third-order valence-corrected chi connectivity index (χ3v) is 4.64. The molecule has 31 heavy (non-hydrogen) atoms. The van der Waals surface area contributed by atoms with E-state index in [9.17, 15) is 9.18 Å². The Morgan fingerprint density at radius 1 is 0.871 bits per heavy atom. The molecule has 0 bridgehead atoms. The van der Waals surface area contributed by atoms with Crippen LogP contribution in [-0.4, -0.2) is 15.9 Å². The second-order valence-electron chi connectivity index (χ2n) is 6.95. The van der Waals surface area contributed by atoms with Gasteiger partial charge in [0.25, 0.3) is 0 Å². The van der Waals surface area contributed by atoms with Crippen molar-refractivity contribution < 1.29 is 9.18 Å². The Kier molecular flexibility index (Phi) is 6.24. The largest absolute Gasteiger partial charge is 0.309 e. The number of hydrogen-bond acceptors (Lipinski definition) is 3. The maximum Gasteiger partial charge on any atom is 0.230 e. The van der Waals surface area contributed by atoms with E-state index in [1.165, 1.54) is 12.1 Å². The summed E-state index contributed by atoms with van der Waals surface area (Å²) in [7, 11) is 0. The van der Waals surface area contributed by atoms with Crippen LogP contribution in [0.4, 0.5) is 10.2 Å². The van der Waals surface area contributed by atoms with Gasteiger partial charge in [0, 0.05) is 5.56 Å². The first-order valence-corrected chi connectivity index (χ1v) is 9.87. The van der Waals surface area contributed by atoms with Gasteiger partial charge in [0.1, 0.15) is 11.5 Å². The average Bonchev–Trinajstić information content (AvgIpc) is 2.80. The molecule has 0 saturated heterocycles. The van der Waals surface area contributed by atoms with Crippen molar-refractivity contribution in [3.8, 4) is 11.3 Å². The minimum absolute atomic E-state index is 0.176. The summed E-state index contributed by atoms with van der Waals surface area (Å²) in [5, 5.41) is 2.86. The van der Waals surface area contributed by atoms with Crippen LogP contribution in [0.1, 0.15) is 16.8 Å². The number of rotatable bonds is 6. The number of anilines is 1. The molecule has 0 aliphatic carbocycles. The standard InChI is InChI=1S/C26H20FN3O/c27-22-14-12-21(13-15-22)24-18-28-26(30-25(31)17-20-9-5-2-6-10-20)23(29-24)16-11-19-7-3-1-4-8-19/h1-16,18H,17H2,(H,28,30,31). The van der Waals surface area contributed by atoms with Crippen molar-refractivity contribution in [1.82, 2.24) is 9.97 Å². The predicted octanol–water partition coefficient (Wildman–Crippen LogP) is 5.63. The molecule has 1 amide bonds. The summed E-state index contributed by atoms with van der Waals surface area (Å²) >= 11 is 0. The van der Waals surface area contributed by atoms with Gasteiger partial charge in [-0.15, -0.1) is 0 Å². The van der Waals surface area contributed by atoms with Crippen LogP contribution in [0.5, 0.6) is 0 Å². The monoisotopic (exact) mass is 409 g/mol. The van der Waals surface area contributed by atoms with Gasteiger partial charge in [0.2, 0.25) is 5.91 Å². The van der Waals surface area contributed by atoms with E-state index in [0.717, 1.165) is 16.7 Å². The normalized spacial score (nSPS) is 10.9. The van der Waals surface area contributed by atoms with Crippen LogP contribution in [0, 0.1) is 5.82 Å². The van der Waals surface area contributed by atoms with E-state index in [1.54, 1.807) is 18.3 Å². The Hall–Kier alpha value is -4.12. The van der Waals surface area contributed by atoms with Gasteiger partial charge in [-0.1, -0.05) is 66.7 Å². The van der Waals surface area contributed by atoms with Gasteiger partial charge in [0.05, 0.1) is 18.3 Å². The van der Waals surface area contributed by atoms with E-state index in [1.807, 2.05) is 72.8 Å². The summed E-state index contributed by atoms with van der Waals surface area (Å²) in [4.78, 5) is 21.6. The van der Waals surface area contributed by atoms with Gasteiger partial charge < -0.3 is 5.32 Å². The molecule has 1 heterocycles. The van der Waals surface area contributed by atoms with E-state index < -0.39 is 0 Å². The van der Waals surface area contributed by atoms with Crippen molar-refractivity contribution in [3.05, 3.63) is 114 Å². The number of aromatic nitrogens is 2. The number of halogens is 1. The number of carbonyl (C=O) groups is 1. The molecule has 1 N–H and O–H groups in total. The van der Waals surface area contributed by atoms with Crippen LogP contribution in [0.15, 0.2) is 91.1 Å². The Morgan fingerprint density at radius 2 is 1.55 bits per heavy atom. The number of carbonyl (C=O) groups excluding carboxylic acids is 1. The molecule has 0 unspecified atom stereocenters. The molecule has 0 spiro atoms. The van der Waals surface area contributed by atoms with Crippen LogP contribution >= 0.6 is 0 Å². The predicted molar refractivity (Wildman–Crippen MR) is 122 cm³/mol. The fraction of sp³-hybridized carbons (Fsp3) is 0.0385. The van der Waals surface area contributed by atoms with Gasteiger partial charge in [-0.05, 0) is 41.5 Å². The molecule has 0 aliphatic heterocycles. The molecule has 3 aromatic carbocycles. The number of nitrogens with zero attached hydrogens (tertiary/aromatic N) is 2. The third-order valence-electron chi connectivity index (χ3n) is 4.64. The fourth-order valence-electron chi connectivity index (χ4n) is 3.07. The maximum atomic E-state index is 13.3. The minimum Gasteiger partial charge on any atom is -0.309 e. The SMILES string of the molecule is O=C(Cc1ccccc1)Nc1ncc(-c2ccc(F)cc2)nc1C=Cc1ccccc1. The molecule has 5 heteroatoms. The quantitative estimate of drug-likeness (QED) is 0.449. The zero-order chi connectivity index (χ0) is 21.5. The maximum absolute atomic E-state index is 13.3. The van der Waals surface area contributed by atoms with Crippen LogP contribution in [0.3, 0.4) is 0 Å². The van der Waals surface area contributed by atoms with Crippen molar-refractivity contribution in [2.45, 2.75) is 6.42 Å². The van der Waals surface area contributed by atoms with Crippen molar-refractivity contribution in [3.63, 3.8) is 0 Å². The van der Waals surface area contributed by atoms with Crippen molar-refractivity contribution >= 4 is 23.9 Å². The number of nitrogens with one attached hydrogen (secondary N) is 1. The number of amides is 1. The molecule has 0 atom stereocenters. The van der Waals surface area contributed by atoms with Crippen LogP contribution in [0.2, 0.25) is 0 Å². The molecule has 0 radical (unpaired) electrons. The summed E-state index contributed by atoms with van der Waals surface area (Å²) in [6.45, 7) is 0. The highest BCUT2D eigenvalue weighted by Gasteiger charge is 2.11. The summed E-state index contributed by atoms with van der Waals surface area (Å²) in [5.41, 5.74) is 3.77. The first-order valence-electron chi connectivity index (χ1n) is 9.87. The number of benzene rings is 3. The Balaban J connectivity index is 1.63. The van der Waals surface area contributed by atoms with E-state index in [-0.39, 0.29) is 18.1 Å². The topological polar surface area (TPSA) is 54.9 Å². The number of hydrogen-bond donors (Lipinski definition) is 1. The van der Waals surface area contributed by atoms with Crippen molar-refractivity contribution in [1.29, 1.82) is 0 Å². The Bertz CT molecular complexity index is 1190. The molecule has 0 aliphatic rings. The Labute approximate surface area is 180 Å². The second kappa shape index (κ2) is 9.59. The van der Waals surface area contributed by atoms with Gasteiger partial charge >= 0.3 is 0 Å². The summed E-state index contributed by atoms with van der Waals surface area (Å²) in [6.07, 6.45) is 5.54. The molecular formula is C26H20FN3O. The minimum atomic E-state index is -0.314. The highest BCUT2D eigenvalue weighted by atomic mass is 19.1. The average molecular weight is 409 g/mol. The van der Waals surface area contributed by atoms with E-state index in [4.69, 9.17) is 0 Å². The zero-order valence-corrected chi connectivity index (χ0v) is 16.7.